The number of aromatic nitrogens is 2. The Balaban J connectivity index is 1.81. The van der Waals surface area contributed by atoms with Gasteiger partial charge in [-0.1, -0.05) is 0 Å². The molecule has 1 aliphatic rings. The van der Waals surface area contributed by atoms with Crippen LogP contribution in [0.5, 0.6) is 0 Å². The van der Waals surface area contributed by atoms with Crippen LogP contribution in [0.15, 0.2) is 12.1 Å². The third kappa shape index (κ3) is 4.82. The van der Waals surface area contributed by atoms with Gasteiger partial charge in [0.25, 0.3) is 0 Å². The highest BCUT2D eigenvalue weighted by atomic mass is 19.4. The Labute approximate surface area is 184 Å². The molecule has 2 N–H and O–H groups in total. The third-order valence-electron chi connectivity index (χ3n) is 5.40. The molecule has 0 radical (unpaired) electrons. The summed E-state index contributed by atoms with van der Waals surface area (Å²) in [6.07, 6.45) is -5.46. The topological polar surface area (TPSA) is 90.5 Å². The number of rotatable bonds is 5. The van der Waals surface area contributed by atoms with Gasteiger partial charge in [0.2, 0.25) is 11.7 Å². The molecule has 0 saturated heterocycles. The maximum Gasteiger partial charge on any atom is 0.449 e. The first-order valence-corrected chi connectivity index (χ1v) is 9.79. The van der Waals surface area contributed by atoms with Crippen molar-refractivity contribution in [2.75, 3.05) is 13.7 Å². The van der Waals surface area contributed by atoms with Crippen LogP contribution in [-0.4, -0.2) is 46.0 Å². The third-order valence-corrected chi connectivity index (χ3v) is 5.40. The van der Waals surface area contributed by atoms with Gasteiger partial charge in [-0.05, 0) is 25.0 Å². The lowest BCUT2D eigenvalue weighted by Gasteiger charge is -2.36. The molecule has 2 atom stereocenters. The summed E-state index contributed by atoms with van der Waals surface area (Å²) < 4.78 is 85.9. The number of amides is 1. The number of carbonyl (C=O) groups excluding carboxylic acids is 2. The van der Waals surface area contributed by atoms with Crippen molar-refractivity contribution >= 4 is 11.9 Å². The summed E-state index contributed by atoms with van der Waals surface area (Å²) >= 11 is 0. The number of nitrogens with zero attached hydrogens (tertiary/aromatic N) is 3. The minimum absolute atomic E-state index is 0.126. The maximum atomic E-state index is 13.9. The number of benzene rings is 1. The number of nitrogens with two attached hydrogens (primary N) is 1. The summed E-state index contributed by atoms with van der Waals surface area (Å²) in [5, 5.41) is 0. The first-order valence-electron chi connectivity index (χ1n) is 9.79. The molecular weight excluding hydrogens is 458 g/mol. The Kier molecular flexibility index (Phi) is 6.73. The molecule has 1 amide bonds. The van der Waals surface area contributed by atoms with Gasteiger partial charge in [0.05, 0.1) is 18.8 Å². The predicted molar refractivity (Wildman–Crippen MR) is 101 cm³/mol. The van der Waals surface area contributed by atoms with Crippen molar-refractivity contribution < 1.29 is 40.7 Å². The van der Waals surface area contributed by atoms with Crippen molar-refractivity contribution in [2.24, 2.45) is 5.73 Å². The van der Waals surface area contributed by atoms with Gasteiger partial charge >= 0.3 is 12.1 Å². The van der Waals surface area contributed by atoms with Crippen LogP contribution < -0.4 is 5.73 Å². The minimum atomic E-state index is -4.83. The molecule has 2 heterocycles. The van der Waals surface area contributed by atoms with Crippen LogP contribution in [0.2, 0.25) is 0 Å². The Morgan fingerprint density at radius 1 is 1.18 bits per heavy atom. The molecule has 0 aliphatic carbocycles. The monoisotopic (exact) mass is 478 g/mol. The van der Waals surface area contributed by atoms with Gasteiger partial charge < -0.3 is 19.9 Å². The van der Waals surface area contributed by atoms with Gasteiger partial charge in [-0.25, -0.2) is 22.9 Å². The van der Waals surface area contributed by atoms with Crippen molar-refractivity contribution in [3.63, 3.8) is 0 Å². The number of ether oxygens (including phenoxy) is 1. The van der Waals surface area contributed by atoms with E-state index < -0.39 is 59.1 Å². The number of alkyl halides is 3. The molecule has 7 nitrogen and oxygen atoms in total. The fourth-order valence-electron chi connectivity index (χ4n) is 3.88. The minimum Gasteiger partial charge on any atom is -0.464 e. The van der Waals surface area contributed by atoms with Crippen molar-refractivity contribution in [1.29, 1.82) is 0 Å². The molecule has 1 aliphatic heterocycles. The van der Waals surface area contributed by atoms with Crippen molar-refractivity contribution in [3.8, 4) is 0 Å². The first kappa shape index (κ1) is 24.6. The van der Waals surface area contributed by atoms with E-state index >= 15 is 0 Å². The summed E-state index contributed by atoms with van der Waals surface area (Å²) in [5.41, 5.74) is 5.00. The van der Waals surface area contributed by atoms with Gasteiger partial charge in [0, 0.05) is 31.6 Å². The highest BCUT2D eigenvalue weighted by Crippen LogP contribution is 2.36. The summed E-state index contributed by atoms with van der Waals surface area (Å²) in [6.45, 7) is 1.02. The van der Waals surface area contributed by atoms with Gasteiger partial charge in [-0.15, -0.1) is 0 Å². The number of halogens is 6. The SMILES string of the molecule is COC(=O)c1nc(C(F)(F)F)n2c1[C@H](C)N(C(=O)C[C@H](N)Cc1cc(F)c(F)cc1F)CC2. The van der Waals surface area contributed by atoms with E-state index in [1.165, 1.54) is 11.8 Å². The van der Waals surface area contributed by atoms with Gasteiger partial charge in [0.15, 0.2) is 17.3 Å². The largest absolute Gasteiger partial charge is 0.464 e. The number of imidazole rings is 1. The number of hydrogen-bond acceptors (Lipinski definition) is 5. The number of esters is 1. The Bertz CT molecular complexity index is 1080. The van der Waals surface area contributed by atoms with E-state index in [2.05, 4.69) is 9.72 Å². The number of hydrogen-bond donors (Lipinski definition) is 1. The summed E-state index contributed by atoms with van der Waals surface area (Å²) in [6, 6.07) is -0.934. The molecule has 1 aromatic carbocycles. The zero-order valence-electron chi connectivity index (χ0n) is 17.5. The fourth-order valence-corrected chi connectivity index (χ4v) is 3.88. The fraction of sp³-hybridized carbons (Fsp3) is 0.450. The second-order valence-electron chi connectivity index (χ2n) is 7.60. The molecular formula is C20H20F6N4O3. The van der Waals surface area contributed by atoms with Crippen molar-refractivity contribution in [2.45, 2.75) is 44.6 Å². The predicted octanol–water partition coefficient (Wildman–Crippen LogP) is 2.97. The highest BCUT2D eigenvalue weighted by Gasteiger charge is 2.44. The van der Waals surface area contributed by atoms with E-state index in [0.717, 1.165) is 11.7 Å². The Morgan fingerprint density at radius 3 is 2.42 bits per heavy atom. The maximum absolute atomic E-state index is 13.9. The quantitative estimate of drug-likeness (QED) is 0.406. The number of methoxy groups -OCH3 is 1. The van der Waals surface area contributed by atoms with E-state index in [1.807, 2.05) is 0 Å². The first-order chi connectivity index (χ1) is 15.3. The zero-order valence-corrected chi connectivity index (χ0v) is 17.5. The summed E-state index contributed by atoms with van der Waals surface area (Å²) in [4.78, 5) is 29.5. The molecule has 1 aromatic heterocycles. The van der Waals surface area contributed by atoms with Crippen molar-refractivity contribution in [1.82, 2.24) is 14.5 Å². The lowest BCUT2D eigenvalue weighted by molar-refractivity contribution is -0.148. The normalized spacial score (nSPS) is 17.0. The van der Waals surface area contributed by atoms with Crippen molar-refractivity contribution in [3.05, 3.63) is 52.4 Å². The second kappa shape index (κ2) is 9.04. The molecule has 0 saturated carbocycles. The van der Waals surface area contributed by atoms with E-state index in [0.29, 0.717) is 12.1 Å². The highest BCUT2D eigenvalue weighted by molar-refractivity contribution is 5.89. The molecule has 0 fully saturated rings. The lowest BCUT2D eigenvalue weighted by Crippen LogP contribution is -2.44. The van der Waals surface area contributed by atoms with Crippen LogP contribution in [0.4, 0.5) is 26.3 Å². The van der Waals surface area contributed by atoms with Gasteiger partial charge in [-0.2, -0.15) is 13.2 Å². The second-order valence-corrected chi connectivity index (χ2v) is 7.60. The molecule has 13 heteroatoms. The van der Waals surface area contributed by atoms with Gasteiger partial charge in [-0.3, -0.25) is 4.79 Å². The average molecular weight is 478 g/mol. The molecule has 0 spiro atoms. The zero-order chi connectivity index (χ0) is 24.7. The molecule has 2 aromatic rings. The van der Waals surface area contributed by atoms with Gasteiger partial charge in [0.1, 0.15) is 5.82 Å². The molecule has 0 bridgehead atoms. The van der Waals surface area contributed by atoms with Crippen LogP contribution in [0.3, 0.4) is 0 Å². The standard InChI is InChI=1S/C20H20F6N4O3/c1-9-17-16(18(32)33-2)28-19(20(24,25)26)30(17)4-3-29(9)15(31)7-11(27)5-10-6-13(22)14(23)8-12(10)21/h6,8-9,11H,3-5,7,27H2,1-2H3/t9-,11+/m0/s1. The van der Waals surface area contributed by atoms with E-state index in [9.17, 15) is 35.9 Å². The van der Waals surface area contributed by atoms with Crippen LogP contribution in [-0.2, 0) is 28.7 Å². The molecule has 180 valence electrons. The number of fused-ring (bicyclic) bond motifs is 1. The lowest BCUT2D eigenvalue weighted by atomic mass is 10.0. The summed E-state index contributed by atoms with van der Waals surface area (Å²) in [7, 11) is 0.994. The molecule has 33 heavy (non-hydrogen) atoms. The van der Waals surface area contributed by atoms with Crippen LogP contribution in [0.1, 0.15) is 47.0 Å². The number of carbonyl (C=O) groups is 2. The van der Waals surface area contributed by atoms with E-state index in [1.54, 1.807) is 0 Å². The molecule has 0 unspecified atom stereocenters. The Hall–Kier alpha value is -3.09. The van der Waals surface area contributed by atoms with Crippen LogP contribution in [0, 0.1) is 17.5 Å². The smallest absolute Gasteiger partial charge is 0.449 e. The van der Waals surface area contributed by atoms with Crippen LogP contribution in [0.25, 0.3) is 0 Å². The van der Waals surface area contributed by atoms with E-state index in [4.69, 9.17) is 5.73 Å². The van der Waals surface area contributed by atoms with Crippen LogP contribution >= 0.6 is 0 Å². The summed E-state index contributed by atoms with van der Waals surface area (Å²) in [5.74, 6) is -6.58. The Morgan fingerprint density at radius 2 is 1.82 bits per heavy atom. The average Bonchev–Trinajstić information content (AvgIpc) is 3.12. The van der Waals surface area contributed by atoms with E-state index in [-0.39, 0.29) is 37.2 Å². The molecule has 3 rings (SSSR count).